The van der Waals surface area contributed by atoms with Crippen LogP contribution in [0.5, 0.6) is 5.75 Å². The Morgan fingerprint density at radius 1 is 1.43 bits per heavy atom. The Bertz CT molecular complexity index is 509. The molecular formula is C17H25N3O. The maximum atomic E-state index is 9.20. The molecule has 0 aliphatic heterocycles. The van der Waals surface area contributed by atoms with Gasteiger partial charge in [-0.3, -0.25) is 4.90 Å². The summed E-state index contributed by atoms with van der Waals surface area (Å²) in [6.45, 7) is 4.85. The molecule has 1 fully saturated rings. The van der Waals surface area contributed by atoms with Crippen LogP contribution in [0.2, 0.25) is 0 Å². The molecule has 0 radical (unpaired) electrons. The summed E-state index contributed by atoms with van der Waals surface area (Å²) in [5.74, 6) is 1.25. The lowest BCUT2D eigenvalue weighted by atomic mass is 10.0. The first-order chi connectivity index (χ1) is 10.2. The Morgan fingerprint density at radius 2 is 2.24 bits per heavy atom. The van der Waals surface area contributed by atoms with E-state index in [2.05, 4.69) is 24.0 Å². The van der Waals surface area contributed by atoms with E-state index in [1.807, 2.05) is 12.1 Å². The first kappa shape index (κ1) is 15.8. The molecule has 0 heterocycles. The van der Waals surface area contributed by atoms with Gasteiger partial charge in [0.15, 0.2) is 0 Å². The predicted octanol–water partition coefficient (Wildman–Crippen LogP) is 2.52. The molecule has 4 heteroatoms. The van der Waals surface area contributed by atoms with Crippen LogP contribution < -0.4 is 10.5 Å². The molecule has 4 nitrogen and oxygen atoms in total. The maximum Gasteiger partial charge on any atom is 0.136 e. The summed E-state index contributed by atoms with van der Waals surface area (Å²) in [6.07, 6.45) is 3.75. The van der Waals surface area contributed by atoms with Gasteiger partial charge in [0.1, 0.15) is 11.8 Å². The lowest BCUT2D eigenvalue weighted by Crippen LogP contribution is -2.39. The van der Waals surface area contributed by atoms with Crippen LogP contribution in [0.3, 0.4) is 0 Å². The van der Waals surface area contributed by atoms with Crippen LogP contribution in [-0.2, 0) is 6.54 Å². The van der Waals surface area contributed by atoms with Crippen LogP contribution in [0.1, 0.15) is 37.3 Å². The molecule has 1 saturated carbocycles. The molecule has 1 aromatic rings. The molecule has 0 aromatic heterocycles. The van der Waals surface area contributed by atoms with Gasteiger partial charge in [-0.15, -0.1) is 0 Å². The van der Waals surface area contributed by atoms with Crippen molar-refractivity contribution in [3.63, 3.8) is 0 Å². The van der Waals surface area contributed by atoms with Crippen LogP contribution >= 0.6 is 0 Å². The normalized spacial score (nSPS) is 21.5. The Kier molecular flexibility index (Phi) is 5.60. The summed E-state index contributed by atoms with van der Waals surface area (Å²) in [5.41, 5.74) is 7.68. The second-order valence-corrected chi connectivity index (χ2v) is 5.70. The predicted molar refractivity (Wildman–Crippen MR) is 84.0 cm³/mol. The van der Waals surface area contributed by atoms with Crippen molar-refractivity contribution in [3.05, 3.63) is 29.3 Å². The average molecular weight is 287 g/mol. The van der Waals surface area contributed by atoms with Crippen molar-refractivity contribution in [1.82, 2.24) is 4.90 Å². The standard InChI is InChI=1S/C17H25N3O/c1-3-20(16-6-4-5-14(16)10-18)12-13-7-8-17(21-2)15(9-13)11-19/h7-9,14,16H,3-6,10,12,18H2,1-2H3. The van der Waals surface area contributed by atoms with E-state index in [0.29, 0.717) is 23.3 Å². The number of benzene rings is 1. The Morgan fingerprint density at radius 3 is 2.86 bits per heavy atom. The molecule has 2 rings (SSSR count). The lowest BCUT2D eigenvalue weighted by Gasteiger charge is -2.32. The average Bonchev–Trinajstić information content (AvgIpc) is 3.00. The fraction of sp³-hybridized carbons (Fsp3) is 0.588. The van der Waals surface area contributed by atoms with Gasteiger partial charge in [0.05, 0.1) is 12.7 Å². The zero-order valence-electron chi connectivity index (χ0n) is 13.0. The molecule has 2 atom stereocenters. The van der Waals surface area contributed by atoms with Gasteiger partial charge in [-0.05, 0) is 49.5 Å². The molecule has 2 N–H and O–H groups in total. The molecule has 0 spiro atoms. The van der Waals surface area contributed by atoms with Crippen molar-refractivity contribution in [1.29, 1.82) is 5.26 Å². The summed E-state index contributed by atoms with van der Waals surface area (Å²) >= 11 is 0. The van der Waals surface area contributed by atoms with Gasteiger partial charge >= 0.3 is 0 Å². The second-order valence-electron chi connectivity index (χ2n) is 5.70. The van der Waals surface area contributed by atoms with Crippen molar-refractivity contribution < 1.29 is 4.74 Å². The molecule has 1 aliphatic carbocycles. The minimum Gasteiger partial charge on any atom is -0.495 e. The highest BCUT2D eigenvalue weighted by atomic mass is 16.5. The Balaban J connectivity index is 2.13. The number of hydrogen-bond donors (Lipinski definition) is 1. The first-order valence-electron chi connectivity index (χ1n) is 7.74. The number of ether oxygens (including phenoxy) is 1. The third-order valence-corrected chi connectivity index (χ3v) is 4.57. The number of rotatable bonds is 6. The van der Waals surface area contributed by atoms with E-state index >= 15 is 0 Å². The SMILES string of the molecule is CCN(Cc1ccc(OC)c(C#N)c1)C1CCCC1CN. The third-order valence-electron chi connectivity index (χ3n) is 4.57. The molecule has 2 unspecified atom stereocenters. The molecule has 21 heavy (non-hydrogen) atoms. The van der Waals surface area contributed by atoms with E-state index < -0.39 is 0 Å². The van der Waals surface area contributed by atoms with Crippen molar-refractivity contribution in [2.45, 2.75) is 38.8 Å². The van der Waals surface area contributed by atoms with E-state index in [4.69, 9.17) is 10.5 Å². The molecule has 114 valence electrons. The number of methoxy groups -OCH3 is 1. The van der Waals surface area contributed by atoms with Gasteiger partial charge < -0.3 is 10.5 Å². The van der Waals surface area contributed by atoms with Gasteiger partial charge in [0.25, 0.3) is 0 Å². The lowest BCUT2D eigenvalue weighted by molar-refractivity contribution is 0.162. The zero-order chi connectivity index (χ0) is 15.2. The number of nitriles is 1. The highest BCUT2D eigenvalue weighted by Crippen LogP contribution is 2.30. The number of nitrogens with zero attached hydrogens (tertiary/aromatic N) is 2. The Hall–Kier alpha value is -1.57. The largest absolute Gasteiger partial charge is 0.495 e. The third kappa shape index (κ3) is 3.55. The van der Waals surface area contributed by atoms with E-state index in [9.17, 15) is 5.26 Å². The number of nitrogens with two attached hydrogens (primary N) is 1. The summed E-state index contributed by atoms with van der Waals surface area (Å²) in [6, 6.07) is 8.66. The zero-order valence-corrected chi connectivity index (χ0v) is 13.0. The van der Waals surface area contributed by atoms with Gasteiger partial charge in [-0.25, -0.2) is 0 Å². The van der Waals surface area contributed by atoms with E-state index in [-0.39, 0.29) is 0 Å². The van der Waals surface area contributed by atoms with Gasteiger partial charge in [-0.1, -0.05) is 19.4 Å². The van der Waals surface area contributed by atoms with E-state index in [1.54, 1.807) is 7.11 Å². The fourth-order valence-corrected chi connectivity index (χ4v) is 3.41. The molecular weight excluding hydrogens is 262 g/mol. The van der Waals surface area contributed by atoms with Crippen molar-refractivity contribution in [2.75, 3.05) is 20.2 Å². The molecule has 0 bridgehead atoms. The summed E-state index contributed by atoms with van der Waals surface area (Å²) in [7, 11) is 1.60. The van der Waals surface area contributed by atoms with Crippen molar-refractivity contribution in [2.24, 2.45) is 11.7 Å². The van der Waals surface area contributed by atoms with Crippen molar-refractivity contribution in [3.8, 4) is 11.8 Å². The minimum atomic E-state index is 0.577. The smallest absolute Gasteiger partial charge is 0.136 e. The highest BCUT2D eigenvalue weighted by Gasteiger charge is 2.30. The van der Waals surface area contributed by atoms with E-state index in [0.717, 1.165) is 25.2 Å². The number of hydrogen-bond acceptors (Lipinski definition) is 4. The van der Waals surface area contributed by atoms with Gasteiger partial charge in [0, 0.05) is 12.6 Å². The van der Waals surface area contributed by atoms with Crippen LogP contribution in [0.4, 0.5) is 0 Å². The monoisotopic (exact) mass is 287 g/mol. The molecule has 0 amide bonds. The van der Waals surface area contributed by atoms with Crippen LogP contribution in [-0.4, -0.2) is 31.1 Å². The summed E-state index contributed by atoms with van der Waals surface area (Å²) < 4.78 is 5.20. The minimum absolute atomic E-state index is 0.577. The quantitative estimate of drug-likeness (QED) is 0.873. The molecule has 1 aromatic carbocycles. The topological polar surface area (TPSA) is 62.3 Å². The van der Waals surface area contributed by atoms with Gasteiger partial charge in [-0.2, -0.15) is 5.26 Å². The second kappa shape index (κ2) is 7.44. The van der Waals surface area contributed by atoms with Crippen molar-refractivity contribution >= 4 is 0 Å². The Labute approximate surface area is 127 Å². The molecule has 1 aliphatic rings. The summed E-state index contributed by atoms with van der Waals surface area (Å²) in [5, 5.41) is 9.20. The fourth-order valence-electron chi connectivity index (χ4n) is 3.41. The maximum absolute atomic E-state index is 9.20. The van der Waals surface area contributed by atoms with Crippen LogP contribution in [0.15, 0.2) is 18.2 Å². The highest BCUT2D eigenvalue weighted by molar-refractivity contribution is 5.45. The van der Waals surface area contributed by atoms with Gasteiger partial charge in [0.2, 0.25) is 0 Å². The first-order valence-corrected chi connectivity index (χ1v) is 7.74. The van der Waals surface area contributed by atoms with E-state index in [1.165, 1.54) is 19.3 Å². The van der Waals surface area contributed by atoms with Crippen LogP contribution in [0.25, 0.3) is 0 Å². The van der Waals surface area contributed by atoms with Crippen LogP contribution in [0, 0.1) is 17.2 Å². The summed E-state index contributed by atoms with van der Waals surface area (Å²) in [4.78, 5) is 2.49. The molecule has 0 saturated heterocycles.